The molecule has 0 fully saturated rings. The molecule has 0 bridgehead atoms. The van der Waals surface area contributed by atoms with E-state index >= 15 is 0 Å². The summed E-state index contributed by atoms with van der Waals surface area (Å²) in [6.07, 6.45) is 6.61. The third kappa shape index (κ3) is 4.16. The number of hydrogen-bond acceptors (Lipinski definition) is 0. The van der Waals surface area contributed by atoms with Crippen LogP contribution < -0.4 is 0 Å². The lowest BCUT2D eigenvalue weighted by molar-refractivity contribution is 0.771. The van der Waals surface area contributed by atoms with E-state index in [-0.39, 0.29) is 0 Å². The van der Waals surface area contributed by atoms with E-state index in [9.17, 15) is 0 Å². The average Bonchev–Trinajstić information content (AvgIpc) is 2.25. The summed E-state index contributed by atoms with van der Waals surface area (Å²) >= 11 is 0. The van der Waals surface area contributed by atoms with Crippen LogP contribution in [0.2, 0.25) is 0 Å². The molecule has 0 saturated heterocycles. The van der Waals surface area contributed by atoms with Gasteiger partial charge in [-0.1, -0.05) is 42.5 Å². The summed E-state index contributed by atoms with van der Waals surface area (Å²) in [6.45, 7) is 9.96. The second-order valence-corrected chi connectivity index (χ2v) is 4.00. The second-order valence-electron chi connectivity index (χ2n) is 4.00. The first kappa shape index (κ1) is 11.8. The predicted octanol–water partition coefficient (Wildman–Crippen LogP) is 4.75. The van der Waals surface area contributed by atoms with Crippen LogP contribution >= 0.6 is 0 Å². The van der Waals surface area contributed by atoms with Gasteiger partial charge in [0.2, 0.25) is 0 Å². The lowest BCUT2D eigenvalue weighted by atomic mass is 10.0. The Morgan fingerprint density at radius 2 is 1.87 bits per heavy atom. The SMILES string of the molecule is C=CCCCCC(=C)c1ccc(C)cc1. The maximum atomic E-state index is 4.13. The zero-order valence-corrected chi connectivity index (χ0v) is 9.63. The Morgan fingerprint density at radius 1 is 1.20 bits per heavy atom. The quantitative estimate of drug-likeness (QED) is 0.459. The van der Waals surface area contributed by atoms with Crippen molar-refractivity contribution in [3.05, 3.63) is 54.6 Å². The van der Waals surface area contributed by atoms with Crippen molar-refractivity contribution in [3.63, 3.8) is 0 Å². The molecule has 0 aliphatic rings. The maximum Gasteiger partial charge on any atom is -0.0230 e. The van der Waals surface area contributed by atoms with E-state index in [1.807, 2.05) is 6.08 Å². The van der Waals surface area contributed by atoms with Crippen molar-refractivity contribution < 1.29 is 0 Å². The fourth-order valence-corrected chi connectivity index (χ4v) is 1.56. The summed E-state index contributed by atoms with van der Waals surface area (Å²) < 4.78 is 0. The van der Waals surface area contributed by atoms with E-state index in [2.05, 4.69) is 44.3 Å². The van der Waals surface area contributed by atoms with E-state index in [1.54, 1.807) is 0 Å². The lowest BCUT2D eigenvalue weighted by Crippen LogP contribution is -1.84. The van der Waals surface area contributed by atoms with Crippen LogP contribution in [0.15, 0.2) is 43.5 Å². The number of benzene rings is 1. The van der Waals surface area contributed by atoms with E-state index < -0.39 is 0 Å². The topological polar surface area (TPSA) is 0 Å². The van der Waals surface area contributed by atoms with Gasteiger partial charge < -0.3 is 0 Å². The highest BCUT2D eigenvalue weighted by atomic mass is 14.0. The number of allylic oxidation sites excluding steroid dienone is 2. The van der Waals surface area contributed by atoms with Crippen LogP contribution in [0, 0.1) is 6.92 Å². The van der Waals surface area contributed by atoms with Crippen LogP contribution in [0.4, 0.5) is 0 Å². The van der Waals surface area contributed by atoms with E-state index in [0.29, 0.717) is 0 Å². The Morgan fingerprint density at radius 3 is 2.47 bits per heavy atom. The van der Waals surface area contributed by atoms with E-state index in [0.717, 1.165) is 12.8 Å². The third-order valence-corrected chi connectivity index (χ3v) is 2.60. The summed E-state index contributed by atoms with van der Waals surface area (Å²) in [5.41, 5.74) is 3.83. The average molecular weight is 200 g/mol. The molecule has 0 amide bonds. The first-order chi connectivity index (χ1) is 7.24. The first-order valence-electron chi connectivity index (χ1n) is 5.59. The number of unbranched alkanes of at least 4 members (excludes halogenated alkanes) is 2. The molecular formula is C15H20. The molecule has 15 heavy (non-hydrogen) atoms. The van der Waals surface area contributed by atoms with E-state index in [1.165, 1.54) is 29.5 Å². The standard InChI is InChI=1S/C15H20/c1-4-5-6-7-8-14(3)15-11-9-13(2)10-12-15/h4,9-12H,1,3,5-8H2,2H3. The van der Waals surface area contributed by atoms with Gasteiger partial charge in [-0.25, -0.2) is 0 Å². The molecule has 0 saturated carbocycles. The second kappa shape index (κ2) is 6.23. The van der Waals surface area contributed by atoms with Crippen LogP contribution in [-0.2, 0) is 0 Å². The highest BCUT2D eigenvalue weighted by Crippen LogP contribution is 2.19. The molecule has 0 aromatic heterocycles. The Bertz CT molecular complexity index is 316. The monoisotopic (exact) mass is 200 g/mol. The van der Waals surface area contributed by atoms with Gasteiger partial charge in [0.05, 0.1) is 0 Å². The van der Waals surface area contributed by atoms with Crippen LogP contribution in [0.5, 0.6) is 0 Å². The van der Waals surface area contributed by atoms with Gasteiger partial charge in [-0.2, -0.15) is 0 Å². The zero-order valence-electron chi connectivity index (χ0n) is 9.63. The Kier molecular flexibility index (Phi) is 4.89. The number of rotatable bonds is 6. The van der Waals surface area contributed by atoms with Crippen LogP contribution in [-0.4, -0.2) is 0 Å². The normalized spacial score (nSPS) is 9.93. The largest absolute Gasteiger partial charge is 0.103 e. The van der Waals surface area contributed by atoms with Crippen LogP contribution in [0.1, 0.15) is 36.8 Å². The van der Waals surface area contributed by atoms with E-state index in [4.69, 9.17) is 0 Å². The highest BCUT2D eigenvalue weighted by molar-refractivity contribution is 5.63. The summed E-state index contributed by atoms with van der Waals surface area (Å²) in [5, 5.41) is 0. The molecular weight excluding hydrogens is 180 g/mol. The molecule has 0 spiro atoms. The Hall–Kier alpha value is -1.30. The molecule has 1 aromatic carbocycles. The van der Waals surface area contributed by atoms with Crippen molar-refractivity contribution in [1.82, 2.24) is 0 Å². The minimum atomic E-state index is 1.09. The van der Waals surface area contributed by atoms with Crippen molar-refractivity contribution in [3.8, 4) is 0 Å². The smallest absolute Gasteiger partial charge is 0.0230 e. The Balaban J connectivity index is 2.40. The predicted molar refractivity (Wildman–Crippen MR) is 68.9 cm³/mol. The Labute approximate surface area is 93.3 Å². The summed E-state index contributed by atoms with van der Waals surface area (Å²) in [4.78, 5) is 0. The molecule has 0 unspecified atom stereocenters. The van der Waals surface area contributed by atoms with Crippen LogP contribution in [0.3, 0.4) is 0 Å². The molecule has 1 aromatic rings. The highest BCUT2D eigenvalue weighted by Gasteiger charge is 1.98. The van der Waals surface area contributed by atoms with Crippen molar-refractivity contribution in [2.45, 2.75) is 32.6 Å². The van der Waals surface area contributed by atoms with Gasteiger partial charge in [-0.3, -0.25) is 0 Å². The van der Waals surface area contributed by atoms with Crippen molar-refractivity contribution in [2.24, 2.45) is 0 Å². The van der Waals surface area contributed by atoms with Crippen molar-refractivity contribution in [1.29, 1.82) is 0 Å². The minimum absolute atomic E-state index is 1.09. The van der Waals surface area contributed by atoms with Crippen LogP contribution in [0.25, 0.3) is 5.57 Å². The fourth-order valence-electron chi connectivity index (χ4n) is 1.56. The zero-order chi connectivity index (χ0) is 11.1. The van der Waals surface area contributed by atoms with Gasteiger partial charge in [0.1, 0.15) is 0 Å². The first-order valence-corrected chi connectivity index (χ1v) is 5.59. The van der Waals surface area contributed by atoms with Crippen molar-refractivity contribution >= 4 is 5.57 Å². The maximum absolute atomic E-state index is 4.13. The fraction of sp³-hybridized carbons (Fsp3) is 0.333. The van der Waals surface area contributed by atoms with Gasteiger partial charge in [-0.05, 0) is 43.7 Å². The number of hydrogen-bond donors (Lipinski definition) is 0. The molecule has 0 nitrogen and oxygen atoms in total. The summed E-state index contributed by atoms with van der Waals surface area (Å²) in [7, 11) is 0. The van der Waals surface area contributed by atoms with Gasteiger partial charge in [0.25, 0.3) is 0 Å². The molecule has 0 aliphatic heterocycles. The molecule has 0 aliphatic carbocycles. The molecule has 0 atom stereocenters. The van der Waals surface area contributed by atoms with Crippen molar-refractivity contribution in [2.75, 3.05) is 0 Å². The van der Waals surface area contributed by atoms with Gasteiger partial charge in [0, 0.05) is 0 Å². The summed E-state index contributed by atoms with van der Waals surface area (Å²) in [6, 6.07) is 8.60. The molecule has 0 heteroatoms. The van der Waals surface area contributed by atoms with Gasteiger partial charge >= 0.3 is 0 Å². The summed E-state index contributed by atoms with van der Waals surface area (Å²) in [5.74, 6) is 0. The minimum Gasteiger partial charge on any atom is -0.103 e. The van der Waals surface area contributed by atoms with Gasteiger partial charge in [0.15, 0.2) is 0 Å². The van der Waals surface area contributed by atoms with Gasteiger partial charge in [-0.15, -0.1) is 6.58 Å². The molecule has 1 rings (SSSR count). The number of aryl methyl sites for hydroxylation is 1. The molecule has 0 radical (unpaired) electrons. The molecule has 0 heterocycles. The molecule has 0 N–H and O–H groups in total. The lowest BCUT2D eigenvalue weighted by Gasteiger charge is -2.05. The molecule has 80 valence electrons. The third-order valence-electron chi connectivity index (χ3n) is 2.60.